The van der Waals surface area contributed by atoms with Crippen LogP contribution in [0, 0.1) is 18.8 Å². The minimum atomic E-state index is -0.238. The molecule has 0 aliphatic carbocycles. The summed E-state index contributed by atoms with van der Waals surface area (Å²) in [5, 5.41) is 3.79. The van der Waals surface area contributed by atoms with Gasteiger partial charge in [-0.3, -0.25) is 10.1 Å². The van der Waals surface area contributed by atoms with Crippen LogP contribution in [0.3, 0.4) is 0 Å². The van der Waals surface area contributed by atoms with E-state index in [0.29, 0.717) is 22.3 Å². The molecule has 4 nitrogen and oxygen atoms in total. The van der Waals surface area contributed by atoms with Gasteiger partial charge in [-0.2, -0.15) is 0 Å². The average Bonchev–Trinajstić information content (AvgIpc) is 2.87. The summed E-state index contributed by atoms with van der Waals surface area (Å²) in [6.45, 7) is 2.10. The number of carbonyl (C=O) groups is 1. The fourth-order valence-corrected chi connectivity index (χ4v) is 2.41. The van der Waals surface area contributed by atoms with E-state index in [9.17, 15) is 4.79 Å². The van der Waals surface area contributed by atoms with E-state index in [1.165, 1.54) is 11.3 Å². The van der Waals surface area contributed by atoms with E-state index in [1.54, 1.807) is 31.3 Å². The van der Waals surface area contributed by atoms with Crippen LogP contribution in [0.5, 0.6) is 0 Å². The smallest absolute Gasteiger partial charge is 0.257 e. The van der Waals surface area contributed by atoms with Crippen molar-refractivity contribution in [3.8, 4) is 11.8 Å². The Morgan fingerprint density at radius 1 is 1.55 bits per heavy atom. The predicted octanol–water partition coefficient (Wildman–Crippen LogP) is 2.67. The number of nitrogens with two attached hydrogens (primary N) is 1. The van der Waals surface area contributed by atoms with E-state index >= 15 is 0 Å². The molecule has 2 rings (SSSR count). The molecule has 20 heavy (non-hydrogen) atoms. The Hall–Kier alpha value is -1.87. The van der Waals surface area contributed by atoms with Crippen molar-refractivity contribution in [3.05, 3.63) is 45.4 Å². The highest BCUT2D eigenvalue weighted by atomic mass is 35.5. The second kappa shape index (κ2) is 6.53. The number of hydrogen-bond acceptors (Lipinski definition) is 4. The van der Waals surface area contributed by atoms with Gasteiger partial charge < -0.3 is 5.73 Å². The third-order valence-electron chi connectivity index (χ3n) is 2.55. The van der Waals surface area contributed by atoms with Crippen LogP contribution in [0.15, 0.2) is 24.4 Å². The molecule has 0 fully saturated rings. The molecule has 0 atom stereocenters. The standard InChI is InChI=1S/C14H12ClN3OS/c1-9-11(5-2-6-12(9)15)13(19)18-14-17-8-10(20-14)4-3-7-16/h2,5-6,8H,7,16H2,1H3,(H,17,18,19). The lowest BCUT2D eigenvalue weighted by Crippen LogP contribution is -2.13. The highest BCUT2D eigenvalue weighted by molar-refractivity contribution is 7.16. The van der Waals surface area contributed by atoms with Crippen molar-refractivity contribution in [2.24, 2.45) is 5.73 Å². The molecule has 1 aromatic heterocycles. The molecule has 2 aromatic rings. The molecule has 3 N–H and O–H groups in total. The molecule has 0 saturated carbocycles. The van der Waals surface area contributed by atoms with E-state index in [0.717, 1.165) is 10.4 Å². The normalized spacial score (nSPS) is 9.75. The predicted molar refractivity (Wildman–Crippen MR) is 82.2 cm³/mol. The van der Waals surface area contributed by atoms with Crippen LogP contribution < -0.4 is 11.1 Å². The monoisotopic (exact) mass is 305 g/mol. The van der Waals surface area contributed by atoms with Crippen molar-refractivity contribution in [3.63, 3.8) is 0 Å². The maximum absolute atomic E-state index is 12.2. The minimum absolute atomic E-state index is 0.238. The zero-order valence-electron chi connectivity index (χ0n) is 10.7. The first-order valence-corrected chi connectivity index (χ1v) is 7.02. The summed E-state index contributed by atoms with van der Waals surface area (Å²) < 4.78 is 0. The van der Waals surface area contributed by atoms with Crippen LogP contribution in [-0.4, -0.2) is 17.4 Å². The lowest BCUT2D eigenvalue weighted by Gasteiger charge is -2.06. The van der Waals surface area contributed by atoms with Gasteiger partial charge in [0.15, 0.2) is 5.13 Å². The Balaban J connectivity index is 2.15. The van der Waals surface area contributed by atoms with Crippen molar-refractivity contribution < 1.29 is 4.79 Å². The summed E-state index contributed by atoms with van der Waals surface area (Å²) in [7, 11) is 0. The summed E-state index contributed by atoms with van der Waals surface area (Å²) in [6.07, 6.45) is 1.60. The number of thiazole rings is 1. The molecule has 0 aliphatic rings. The number of rotatable bonds is 2. The molecule has 102 valence electrons. The van der Waals surface area contributed by atoms with Gasteiger partial charge in [0.05, 0.1) is 17.6 Å². The number of anilines is 1. The van der Waals surface area contributed by atoms with Crippen LogP contribution in [0.25, 0.3) is 0 Å². The van der Waals surface area contributed by atoms with E-state index < -0.39 is 0 Å². The molecule has 0 aliphatic heterocycles. The first-order valence-electron chi connectivity index (χ1n) is 5.83. The van der Waals surface area contributed by atoms with Crippen molar-refractivity contribution in [1.29, 1.82) is 0 Å². The minimum Gasteiger partial charge on any atom is -0.320 e. The van der Waals surface area contributed by atoms with Gasteiger partial charge >= 0.3 is 0 Å². The summed E-state index contributed by atoms with van der Waals surface area (Å²) in [5.74, 6) is 5.37. The van der Waals surface area contributed by atoms with Crippen LogP contribution in [0.1, 0.15) is 20.8 Å². The lowest BCUT2D eigenvalue weighted by atomic mass is 10.1. The van der Waals surface area contributed by atoms with Gasteiger partial charge in [0, 0.05) is 10.6 Å². The van der Waals surface area contributed by atoms with Gasteiger partial charge in [-0.15, -0.1) is 0 Å². The largest absolute Gasteiger partial charge is 0.320 e. The Kier molecular flexibility index (Phi) is 4.74. The molecule has 1 amide bonds. The zero-order valence-corrected chi connectivity index (χ0v) is 12.3. The van der Waals surface area contributed by atoms with E-state index in [4.69, 9.17) is 17.3 Å². The summed E-state index contributed by atoms with van der Waals surface area (Å²) in [6, 6.07) is 5.21. The van der Waals surface area contributed by atoms with Crippen LogP contribution in [0.4, 0.5) is 5.13 Å². The number of nitrogens with zero attached hydrogens (tertiary/aromatic N) is 1. The highest BCUT2D eigenvalue weighted by Crippen LogP contribution is 2.21. The van der Waals surface area contributed by atoms with Gasteiger partial charge in [-0.25, -0.2) is 4.98 Å². The first-order chi connectivity index (χ1) is 9.61. The van der Waals surface area contributed by atoms with Crippen molar-refractivity contribution in [1.82, 2.24) is 4.98 Å². The number of nitrogens with one attached hydrogen (secondary N) is 1. The number of halogens is 1. The SMILES string of the molecule is Cc1c(Cl)cccc1C(=O)Nc1ncc(C#CCN)s1. The average molecular weight is 306 g/mol. The number of benzene rings is 1. The van der Waals surface area contributed by atoms with Crippen molar-refractivity contribution >= 4 is 34.0 Å². The fourth-order valence-electron chi connectivity index (χ4n) is 1.55. The van der Waals surface area contributed by atoms with Gasteiger partial charge in [-0.1, -0.05) is 40.8 Å². The van der Waals surface area contributed by atoms with Gasteiger partial charge in [-0.05, 0) is 24.6 Å². The quantitative estimate of drug-likeness (QED) is 0.838. The van der Waals surface area contributed by atoms with Crippen molar-refractivity contribution in [2.45, 2.75) is 6.92 Å². The molecular weight excluding hydrogens is 294 g/mol. The second-order valence-electron chi connectivity index (χ2n) is 3.90. The Labute approximate surface area is 126 Å². The maximum atomic E-state index is 12.2. The molecule has 1 heterocycles. The molecule has 0 radical (unpaired) electrons. The zero-order chi connectivity index (χ0) is 14.5. The summed E-state index contributed by atoms with van der Waals surface area (Å²) >= 11 is 7.30. The number of amides is 1. The van der Waals surface area contributed by atoms with E-state index in [-0.39, 0.29) is 5.91 Å². The molecule has 0 spiro atoms. The Morgan fingerprint density at radius 2 is 2.35 bits per heavy atom. The first kappa shape index (κ1) is 14.5. The highest BCUT2D eigenvalue weighted by Gasteiger charge is 2.12. The third kappa shape index (κ3) is 3.36. The lowest BCUT2D eigenvalue weighted by molar-refractivity contribution is 0.102. The number of carbonyl (C=O) groups excluding carboxylic acids is 1. The topological polar surface area (TPSA) is 68.0 Å². The van der Waals surface area contributed by atoms with Crippen LogP contribution in [-0.2, 0) is 0 Å². The maximum Gasteiger partial charge on any atom is 0.257 e. The summed E-state index contributed by atoms with van der Waals surface area (Å²) in [5.41, 5.74) is 6.57. The van der Waals surface area contributed by atoms with Crippen LogP contribution in [0.2, 0.25) is 5.02 Å². The molecule has 6 heteroatoms. The Morgan fingerprint density at radius 3 is 3.10 bits per heavy atom. The molecule has 0 unspecified atom stereocenters. The van der Waals surface area contributed by atoms with Gasteiger partial charge in [0.1, 0.15) is 0 Å². The van der Waals surface area contributed by atoms with Crippen LogP contribution >= 0.6 is 22.9 Å². The molecule has 0 saturated heterocycles. The molecule has 0 bridgehead atoms. The molecular formula is C14H12ClN3OS. The Bertz CT molecular complexity index is 700. The number of aromatic nitrogens is 1. The molecule has 1 aromatic carbocycles. The number of hydrogen-bond donors (Lipinski definition) is 2. The fraction of sp³-hybridized carbons (Fsp3) is 0.143. The van der Waals surface area contributed by atoms with Gasteiger partial charge in [0.25, 0.3) is 5.91 Å². The third-order valence-corrected chi connectivity index (χ3v) is 3.79. The van der Waals surface area contributed by atoms with Gasteiger partial charge in [0.2, 0.25) is 0 Å². The summed E-state index contributed by atoms with van der Waals surface area (Å²) in [4.78, 5) is 17.0. The second-order valence-corrected chi connectivity index (χ2v) is 5.34. The van der Waals surface area contributed by atoms with Crippen molar-refractivity contribution in [2.75, 3.05) is 11.9 Å². The van der Waals surface area contributed by atoms with E-state index in [2.05, 4.69) is 22.1 Å². The van der Waals surface area contributed by atoms with E-state index in [1.807, 2.05) is 0 Å².